The van der Waals surface area contributed by atoms with Gasteiger partial charge in [0.1, 0.15) is 5.82 Å². The summed E-state index contributed by atoms with van der Waals surface area (Å²) in [4.78, 5) is 7.68. The van der Waals surface area contributed by atoms with E-state index in [1.807, 2.05) is 6.92 Å². The highest BCUT2D eigenvalue weighted by molar-refractivity contribution is 5.48. The lowest BCUT2D eigenvalue weighted by Crippen LogP contribution is -2.49. The number of piperazine rings is 1. The summed E-state index contributed by atoms with van der Waals surface area (Å²) in [5.74, 6) is 0.00348. The van der Waals surface area contributed by atoms with Crippen LogP contribution in [0.3, 0.4) is 0 Å². The molecule has 1 saturated heterocycles. The second-order valence-corrected chi connectivity index (χ2v) is 5.60. The third-order valence-corrected chi connectivity index (χ3v) is 3.85. The van der Waals surface area contributed by atoms with Crippen molar-refractivity contribution in [2.75, 3.05) is 37.6 Å². The third-order valence-electron chi connectivity index (χ3n) is 3.85. The van der Waals surface area contributed by atoms with Gasteiger partial charge in [0, 0.05) is 38.9 Å². The lowest BCUT2D eigenvalue weighted by Gasteiger charge is -2.37. The zero-order valence-corrected chi connectivity index (χ0v) is 12.7. The number of β-amino-alcohol motifs (C(OH)–C–C–N with tert-alkyl or cyclic N) is 1. The molecule has 0 spiro atoms. The Morgan fingerprint density at radius 3 is 2.55 bits per heavy atom. The summed E-state index contributed by atoms with van der Waals surface area (Å²) in [6, 6.07) is 2.38. The molecule has 0 bridgehead atoms. The molecule has 7 heteroatoms. The van der Waals surface area contributed by atoms with E-state index in [9.17, 15) is 18.3 Å². The van der Waals surface area contributed by atoms with Crippen molar-refractivity contribution >= 4 is 5.82 Å². The van der Waals surface area contributed by atoms with Gasteiger partial charge in [0.2, 0.25) is 0 Å². The van der Waals surface area contributed by atoms with Crippen molar-refractivity contribution in [3.8, 4) is 0 Å². The molecule has 22 heavy (non-hydrogen) atoms. The average molecular weight is 317 g/mol. The first-order chi connectivity index (χ1) is 10.4. The Morgan fingerprint density at radius 2 is 1.95 bits per heavy atom. The maximum atomic E-state index is 13.0. The quantitative estimate of drug-likeness (QED) is 0.905. The zero-order valence-electron chi connectivity index (χ0n) is 12.7. The predicted molar refractivity (Wildman–Crippen MR) is 78.8 cm³/mol. The molecule has 0 aliphatic carbocycles. The van der Waals surface area contributed by atoms with Gasteiger partial charge in [-0.2, -0.15) is 13.2 Å². The number of hydrogen-bond acceptors (Lipinski definition) is 4. The van der Waals surface area contributed by atoms with Crippen molar-refractivity contribution in [2.24, 2.45) is 0 Å². The molecule has 0 aromatic carbocycles. The Labute approximate surface area is 128 Å². The first kappa shape index (κ1) is 17.0. The lowest BCUT2D eigenvalue weighted by molar-refractivity contribution is -0.137. The number of anilines is 1. The first-order valence-corrected chi connectivity index (χ1v) is 7.59. The Morgan fingerprint density at radius 1 is 1.27 bits per heavy atom. The number of hydrogen-bond donors (Lipinski definition) is 1. The molecule has 2 heterocycles. The molecule has 1 atom stereocenters. The minimum atomic E-state index is -4.39. The highest BCUT2D eigenvalue weighted by Gasteiger charge is 2.36. The normalized spacial score (nSPS) is 18.5. The second-order valence-electron chi connectivity index (χ2n) is 5.60. The van der Waals surface area contributed by atoms with Crippen LogP contribution < -0.4 is 4.90 Å². The van der Waals surface area contributed by atoms with Crippen LogP contribution in [0, 0.1) is 0 Å². The van der Waals surface area contributed by atoms with Crippen molar-refractivity contribution in [1.82, 2.24) is 9.88 Å². The molecule has 0 saturated carbocycles. The van der Waals surface area contributed by atoms with Gasteiger partial charge in [0.05, 0.1) is 11.7 Å². The van der Waals surface area contributed by atoms with Gasteiger partial charge in [0.25, 0.3) is 0 Å². The van der Waals surface area contributed by atoms with Gasteiger partial charge in [-0.1, -0.05) is 13.3 Å². The fourth-order valence-electron chi connectivity index (χ4n) is 2.74. The number of aliphatic hydroxyl groups excluding tert-OH is 1. The van der Waals surface area contributed by atoms with Crippen LogP contribution in [-0.2, 0) is 6.18 Å². The monoisotopic (exact) mass is 317 g/mol. The van der Waals surface area contributed by atoms with Crippen molar-refractivity contribution in [3.63, 3.8) is 0 Å². The number of halogens is 3. The summed E-state index contributed by atoms with van der Waals surface area (Å²) in [6.07, 6.45) is -1.69. The van der Waals surface area contributed by atoms with E-state index in [1.54, 1.807) is 4.90 Å². The highest BCUT2D eigenvalue weighted by atomic mass is 19.4. The number of nitrogens with zero attached hydrogens (tertiary/aromatic N) is 3. The van der Waals surface area contributed by atoms with Crippen LogP contribution in [-0.4, -0.2) is 53.8 Å². The molecule has 1 aromatic heterocycles. The van der Waals surface area contributed by atoms with Crippen molar-refractivity contribution in [1.29, 1.82) is 0 Å². The van der Waals surface area contributed by atoms with Crippen LogP contribution in [0.25, 0.3) is 0 Å². The van der Waals surface area contributed by atoms with E-state index in [4.69, 9.17) is 0 Å². The molecule has 4 nitrogen and oxygen atoms in total. The molecule has 124 valence electrons. The molecule has 1 fully saturated rings. The Kier molecular flexibility index (Phi) is 5.63. The zero-order chi connectivity index (χ0) is 16.2. The van der Waals surface area contributed by atoms with Gasteiger partial charge in [0.15, 0.2) is 0 Å². The van der Waals surface area contributed by atoms with E-state index in [2.05, 4.69) is 9.88 Å². The maximum Gasteiger partial charge on any atom is 0.419 e. The molecule has 1 aliphatic heterocycles. The van der Waals surface area contributed by atoms with E-state index >= 15 is 0 Å². The molecule has 1 aromatic rings. The van der Waals surface area contributed by atoms with Gasteiger partial charge in [-0.25, -0.2) is 4.98 Å². The third kappa shape index (κ3) is 4.33. The largest absolute Gasteiger partial charge is 0.419 e. The second kappa shape index (κ2) is 7.28. The van der Waals surface area contributed by atoms with Crippen molar-refractivity contribution in [2.45, 2.75) is 32.0 Å². The number of pyridine rings is 1. The summed E-state index contributed by atoms with van der Waals surface area (Å²) in [6.45, 7) is 4.83. The minimum Gasteiger partial charge on any atom is -0.392 e. The molecule has 0 amide bonds. The summed E-state index contributed by atoms with van der Waals surface area (Å²) < 4.78 is 39.1. The molecule has 2 rings (SSSR count). The van der Waals surface area contributed by atoms with Gasteiger partial charge < -0.3 is 10.0 Å². The van der Waals surface area contributed by atoms with Crippen LogP contribution in [0.2, 0.25) is 0 Å². The van der Waals surface area contributed by atoms with Crippen molar-refractivity contribution < 1.29 is 18.3 Å². The SMILES string of the molecule is CCCC(O)CN1CCN(c2ncccc2C(F)(F)F)CC1. The van der Waals surface area contributed by atoms with E-state index < -0.39 is 11.7 Å². The van der Waals surface area contributed by atoms with Crippen molar-refractivity contribution in [3.05, 3.63) is 23.9 Å². The number of alkyl halides is 3. The molecule has 0 radical (unpaired) electrons. The number of aliphatic hydroxyl groups is 1. The molecule has 1 aliphatic rings. The van der Waals surface area contributed by atoms with Crippen LogP contribution in [0.1, 0.15) is 25.3 Å². The average Bonchev–Trinajstić information content (AvgIpc) is 2.47. The summed E-state index contributed by atoms with van der Waals surface area (Å²) in [7, 11) is 0. The maximum absolute atomic E-state index is 13.0. The van der Waals surface area contributed by atoms with Crippen LogP contribution in [0.15, 0.2) is 18.3 Å². The van der Waals surface area contributed by atoms with E-state index in [-0.39, 0.29) is 11.9 Å². The highest BCUT2D eigenvalue weighted by Crippen LogP contribution is 2.35. The van der Waals surface area contributed by atoms with Gasteiger partial charge in [-0.3, -0.25) is 4.90 Å². The van der Waals surface area contributed by atoms with Gasteiger partial charge >= 0.3 is 6.18 Å². The van der Waals surface area contributed by atoms with Crippen LogP contribution in [0.4, 0.5) is 19.0 Å². The Bertz CT molecular complexity index is 473. The van der Waals surface area contributed by atoms with Crippen LogP contribution >= 0.6 is 0 Å². The lowest BCUT2D eigenvalue weighted by atomic mass is 10.1. The standard InChI is InChI=1S/C15H22F3N3O/c1-2-4-12(22)11-20-7-9-21(10-8-20)14-13(15(16,17)18)5-3-6-19-14/h3,5-6,12,22H,2,4,7-11H2,1H3. The predicted octanol–water partition coefficient (Wildman–Crippen LogP) is 2.38. The summed E-state index contributed by atoms with van der Waals surface area (Å²) in [5.41, 5.74) is -0.686. The Balaban J connectivity index is 1.98. The van der Waals surface area contributed by atoms with E-state index in [1.165, 1.54) is 12.3 Å². The molecule has 1 N–H and O–H groups in total. The molecular weight excluding hydrogens is 295 g/mol. The van der Waals surface area contributed by atoms with Gasteiger partial charge in [-0.15, -0.1) is 0 Å². The Hall–Kier alpha value is -1.34. The number of aromatic nitrogens is 1. The topological polar surface area (TPSA) is 39.6 Å². The fourth-order valence-corrected chi connectivity index (χ4v) is 2.74. The summed E-state index contributed by atoms with van der Waals surface area (Å²) >= 11 is 0. The summed E-state index contributed by atoms with van der Waals surface area (Å²) in [5, 5.41) is 9.82. The molecular formula is C15H22F3N3O. The fraction of sp³-hybridized carbons (Fsp3) is 0.667. The van der Waals surface area contributed by atoms with E-state index in [0.29, 0.717) is 32.7 Å². The van der Waals surface area contributed by atoms with Gasteiger partial charge in [-0.05, 0) is 18.6 Å². The smallest absolute Gasteiger partial charge is 0.392 e. The first-order valence-electron chi connectivity index (χ1n) is 7.59. The van der Waals surface area contributed by atoms with E-state index in [0.717, 1.165) is 18.9 Å². The van der Waals surface area contributed by atoms with Crippen LogP contribution in [0.5, 0.6) is 0 Å². The number of rotatable bonds is 5. The molecule has 1 unspecified atom stereocenters. The minimum absolute atomic E-state index is 0.00348.